The maximum absolute atomic E-state index is 12.5. The number of piperidine rings is 1. The van der Waals surface area contributed by atoms with Crippen LogP contribution in [0.2, 0.25) is 0 Å². The van der Waals surface area contributed by atoms with Gasteiger partial charge in [0, 0.05) is 30.2 Å². The Balaban J connectivity index is 1.62. The third-order valence-electron chi connectivity index (χ3n) is 5.79. The number of rotatable bonds is 3. The van der Waals surface area contributed by atoms with Crippen molar-refractivity contribution in [2.45, 2.75) is 56.7 Å². The highest BCUT2D eigenvalue weighted by molar-refractivity contribution is 9.10. The number of carbonyl (C=O) groups excluding carboxylic acids is 1. The molecule has 1 aromatic rings. The molecule has 2 bridgehead atoms. The maximum Gasteiger partial charge on any atom is 0.313 e. The van der Waals surface area contributed by atoms with Crippen LogP contribution < -0.4 is 0 Å². The smallest absolute Gasteiger partial charge is 0.313 e. The van der Waals surface area contributed by atoms with Crippen molar-refractivity contribution >= 4 is 21.9 Å². The van der Waals surface area contributed by atoms with Gasteiger partial charge in [-0.15, -0.1) is 0 Å². The predicted octanol–water partition coefficient (Wildman–Crippen LogP) is 3.87. The largest absolute Gasteiger partial charge is 0.461 e. The second-order valence-corrected chi connectivity index (χ2v) is 8.23. The average Bonchev–Trinajstić information content (AvgIpc) is 2.67. The van der Waals surface area contributed by atoms with Gasteiger partial charge in [0.2, 0.25) is 0 Å². The van der Waals surface area contributed by atoms with Crippen LogP contribution in [-0.4, -0.2) is 42.7 Å². The molecule has 3 nitrogen and oxygen atoms in total. The van der Waals surface area contributed by atoms with Crippen LogP contribution in [0.4, 0.5) is 0 Å². The summed E-state index contributed by atoms with van der Waals surface area (Å²) in [5.74, 6) is -0.283. The van der Waals surface area contributed by atoms with Crippen molar-refractivity contribution in [3.63, 3.8) is 0 Å². The van der Waals surface area contributed by atoms with Crippen LogP contribution in [0.5, 0.6) is 0 Å². The zero-order valence-electron chi connectivity index (χ0n) is 13.6. The van der Waals surface area contributed by atoms with E-state index in [0.29, 0.717) is 12.1 Å². The first-order valence-corrected chi connectivity index (χ1v) is 8.96. The summed E-state index contributed by atoms with van der Waals surface area (Å²) < 4.78 is 7.99. The fourth-order valence-corrected chi connectivity index (χ4v) is 4.35. The van der Waals surface area contributed by atoms with Crippen LogP contribution in [0.1, 0.15) is 44.1 Å². The molecule has 120 valence electrons. The van der Waals surface area contributed by atoms with E-state index in [4.69, 9.17) is 4.74 Å². The molecular weight excluding hydrogens is 342 g/mol. The summed E-state index contributed by atoms with van der Waals surface area (Å²) >= 11 is 3.42. The maximum atomic E-state index is 12.5. The highest BCUT2D eigenvalue weighted by Gasteiger charge is 2.50. The Morgan fingerprint density at radius 3 is 2.27 bits per heavy atom. The summed E-state index contributed by atoms with van der Waals surface area (Å²) in [4.78, 5) is 12.5. The minimum absolute atomic E-state index is 0.0843. The lowest BCUT2D eigenvalue weighted by atomic mass is 9.97. The lowest BCUT2D eigenvalue weighted by Crippen LogP contribution is -2.56. The molecule has 0 amide bonds. The number of esters is 1. The second-order valence-electron chi connectivity index (χ2n) is 7.32. The first kappa shape index (κ1) is 16.0. The number of nitrogens with zero attached hydrogens (tertiary/aromatic N) is 1. The Labute approximate surface area is 141 Å². The quantitative estimate of drug-likeness (QED) is 0.599. The zero-order chi connectivity index (χ0) is 15.9. The van der Waals surface area contributed by atoms with E-state index in [1.165, 1.54) is 12.8 Å². The monoisotopic (exact) mass is 366 g/mol. The minimum Gasteiger partial charge on any atom is -0.461 e. The van der Waals surface area contributed by atoms with Crippen LogP contribution in [0, 0.1) is 0 Å². The summed E-state index contributed by atoms with van der Waals surface area (Å²) in [5.41, 5.74) is 1.02. The molecule has 4 atom stereocenters. The van der Waals surface area contributed by atoms with Gasteiger partial charge in [0.1, 0.15) is 6.10 Å². The Morgan fingerprint density at radius 2 is 1.73 bits per heavy atom. The van der Waals surface area contributed by atoms with E-state index in [2.05, 4.69) is 30.0 Å². The number of ether oxygens (including phenoxy) is 1. The van der Waals surface area contributed by atoms with E-state index >= 15 is 0 Å². The molecule has 0 aromatic heterocycles. The first-order valence-electron chi connectivity index (χ1n) is 8.17. The molecule has 2 unspecified atom stereocenters. The fraction of sp³-hybridized carbons (Fsp3) is 0.611. The highest BCUT2D eigenvalue weighted by atomic mass is 79.9. The SMILES string of the molecule is CC(C(=O)OC1C[C@H]2CC[C@@H](C1)[N+]2(C)C)c1ccc(Br)cc1. The molecule has 3 rings (SSSR count). The van der Waals surface area contributed by atoms with Gasteiger partial charge in [0.15, 0.2) is 0 Å². The Bertz CT molecular complexity index is 539. The van der Waals surface area contributed by atoms with Gasteiger partial charge >= 0.3 is 5.97 Å². The molecule has 4 heteroatoms. The van der Waals surface area contributed by atoms with E-state index in [1.807, 2.05) is 31.2 Å². The van der Waals surface area contributed by atoms with Crippen molar-refractivity contribution in [2.24, 2.45) is 0 Å². The summed E-state index contributed by atoms with van der Waals surface area (Å²) in [7, 11) is 4.65. The Hall–Kier alpha value is -0.870. The van der Waals surface area contributed by atoms with E-state index in [0.717, 1.165) is 27.4 Å². The number of halogens is 1. The van der Waals surface area contributed by atoms with Crippen molar-refractivity contribution in [1.29, 1.82) is 0 Å². The topological polar surface area (TPSA) is 26.3 Å². The molecule has 2 heterocycles. The van der Waals surface area contributed by atoms with E-state index < -0.39 is 0 Å². The normalized spacial score (nSPS) is 30.8. The summed E-state index contributed by atoms with van der Waals surface area (Å²) in [6.07, 6.45) is 4.68. The number of carbonyl (C=O) groups is 1. The Kier molecular flexibility index (Phi) is 4.34. The highest BCUT2D eigenvalue weighted by Crippen LogP contribution is 2.40. The van der Waals surface area contributed by atoms with Gasteiger partial charge in [-0.05, 0) is 24.6 Å². The molecule has 0 radical (unpaired) electrons. The number of hydrogen-bond donors (Lipinski definition) is 0. The van der Waals surface area contributed by atoms with Gasteiger partial charge in [-0.3, -0.25) is 4.79 Å². The standard InChI is InChI=1S/C18H25BrNO2/c1-12(13-4-6-14(19)7-5-13)18(21)22-17-10-15-8-9-16(11-17)20(15,2)3/h4-7,12,15-17H,8-11H2,1-3H3/q+1/t12?,15-,16+,17?. The lowest BCUT2D eigenvalue weighted by Gasteiger charge is -2.44. The van der Waals surface area contributed by atoms with Crippen LogP contribution in [0.15, 0.2) is 28.7 Å². The first-order chi connectivity index (χ1) is 10.4. The van der Waals surface area contributed by atoms with Crippen molar-refractivity contribution in [3.8, 4) is 0 Å². The molecule has 2 aliphatic rings. The number of fused-ring (bicyclic) bond motifs is 2. The summed E-state index contributed by atoms with van der Waals surface area (Å²) in [6, 6.07) is 9.22. The fourth-order valence-electron chi connectivity index (χ4n) is 4.08. The molecule has 0 saturated carbocycles. The van der Waals surface area contributed by atoms with Gasteiger partial charge in [-0.25, -0.2) is 0 Å². The van der Waals surface area contributed by atoms with Crippen molar-refractivity contribution in [3.05, 3.63) is 34.3 Å². The summed E-state index contributed by atoms with van der Waals surface area (Å²) in [5, 5.41) is 0. The molecule has 0 N–H and O–H groups in total. The van der Waals surface area contributed by atoms with Crippen LogP contribution in [0.3, 0.4) is 0 Å². The number of benzene rings is 1. The molecule has 1 aromatic carbocycles. The van der Waals surface area contributed by atoms with Crippen molar-refractivity contribution < 1.29 is 14.0 Å². The number of hydrogen-bond acceptors (Lipinski definition) is 2. The Morgan fingerprint density at radius 1 is 1.18 bits per heavy atom. The van der Waals surface area contributed by atoms with Crippen molar-refractivity contribution in [1.82, 2.24) is 0 Å². The minimum atomic E-state index is -0.199. The third kappa shape index (κ3) is 2.95. The zero-order valence-corrected chi connectivity index (χ0v) is 15.2. The van der Waals surface area contributed by atoms with Gasteiger partial charge in [-0.2, -0.15) is 0 Å². The number of quaternary nitrogens is 1. The van der Waals surface area contributed by atoms with E-state index in [-0.39, 0.29) is 18.0 Å². The van der Waals surface area contributed by atoms with Crippen LogP contribution in [-0.2, 0) is 9.53 Å². The molecular formula is C18H25BrNO2+. The molecule has 2 saturated heterocycles. The van der Waals surface area contributed by atoms with Gasteiger partial charge in [0.25, 0.3) is 0 Å². The van der Waals surface area contributed by atoms with Gasteiger partial charge < -0.3 is 9.22 Å². The molecule has 2 aliphatic heterocycles. The van der Waals surface area contributed by atoms with Crippen molar-refractivity contribution in [2.75, 3.05) is 14.1 Å². The average molecular weight is 367 g/mol. The second kappa shape index (κ2) is 5.97. The van der Waals surface area contributed by atoms with Crippen LogP contribution in [0.25, 0.3) is 0 Å². The van der Waals surface area contributed by atoms with Crippen LogP contribution >= 0.6 is 15.9 Å². The van der Waals surface area contributed by atoms with E-state index in [1.54, 1.807) is 0 Å². The van der Waals surface area contributed by atoms with E-state index in [9.17, 15) is 4.79 Å². The molecule has 0 aliphatic carbocycles. The molecule has 2 fully saturated rings. The molecule has 0 spiro atoms. The third-order valence-corrected chi connectivity index (χ3v) is 6.32. The molecule has 22 heavy (non-hydrogen) atoms. The van der Waals surface area contributed by atoms with Gasteiger partial charge in [0.05, 0.1) is 32.1 Å². The lowest BCUT2D eigenvalue weighted by molar-refractivity contribution is -0.931. The predicted molar refractivity (Wildman–Crippen MR) is 90.6 cm³/mol. The summed E-state index contributed by atoms with van der Waals surface area (Å²) in [6.45, 7) is 1.93. The van der Waals surface area contributed by atoms with Gasteiger partial charge in [-0.1, -0.05) is 28.1 Å².